The summed E-state index contributed by atoms with van der Waals surface area (Å²) in [5, 5.41) is 5.88. The molecule has 1 aliphatic rings. The van der Waals surface area contributed by atoms with Crippen LogP contribution in [0.5, 0.6) is 0 Å². The van der Waals surface area contributed by atoms with Gasteiger partial charge in [0.2, 0.25) is 0 Å². The Morgan fingerprint density at radius 2 is 2.00 bits per heavy atom. The van der Waals surface area contributed by atoms with Gasteiger partial charge in [-0.3, -0.25) is 4.98 Å². The van der Waals surface area contributed by atoms with Crippen molar-refractivity contribution in [2.24, 2.45) is 0 Å². The molecule has 0 bridgehead atoms. The minimum atomic E-state index is 0. The van der Waals surface area contributed by atoms with Crippen LogP contribution in [0, 0.1) is 0 Å². The van der Waals surface area contributed by atoms with Crippen LogP contribution < -0.4 is 5.32 Å². The van der Waals surface area contributed by atoms with Gasteiger partial charge in [-0.1, -0.05) is 24.3 Å². The van der Waals surface area contributed by atoms with E-state index in [0.717, 1.165) is 19.5 Å². The number of benzene rings is 1. The molecule has 3 rings (SSSR count). The van der Waals surface area contributed by atoms with Crippen molar-refractivity contribution < 1.29 is 0 Å². The highest BCUT2D eigenvalue weighted by Crippen LogP contribution is 2.27. The lowest BCUT2D eigenvalue weighted by molar-refractivity contribution is 0.739. The highest BCUT2D eigenvalue weighted by Gasteiger charge is 2.08. The Bertz CT molecular complexity index is 547. The maximum atomic E-state index is 4.17. The Kier molecular flexibility index (Phi) is 5.60. The maximum Gasteiger partial charge on any atom is 0.0346 e. The van der Waals surface area contributed by atoms with Crippen LogP contribution >= 0.6 is 24.8 Å². The van der Waals surface area contributed by atoms with Crippen LogP contribution in [-0.2, 0) is 0 Å². The lowest BCUT2D eigenvalue weighted by atomic mass is 9.95. The van der Waals surface area contributed by atoms with Gasteiger partial charge in [-0.15, -0.1) is 24.8 Å². The van der Waals surface area contributed by atoms with Crippen LogP contribution in [0.1, 0.15) is 12.0 Å². The predicted molar refractivity (Wildman–Crippen MR) is 81.7 cm³/mol. The van der Waals surface area contributed by atoms with Gasteiger partial charge in [-0.25, -0.2) is 0 Å². The average molecular weight is 283 g/mol. The molecule has 2 nitrogen and oxygen atoms in total. The number of hydrogen-bond acceptors (Lipinski definition) is 2. The lowest BCUT2D eigenvalue weighted by Crippen LogP contribution is -2.20. The number of nitrogens with zero attached hydrogens (tertiary/aromatic N) is 1. The minimum Gasteiger partial charge on any atom is -0.313 e. The van der Waals surface area contributed by atoms with Gasteiger partial charge < -0.3 is 5.32 Å². The first-order valence-corrected chi connectivity index (χ1v) is 5.68. The fourth-order valence-corrected chi connectivity index (χ4v) is 2.27. The molecule has 0 radical (unpaired) electrons. The SMILES string of the molecule is C1=C(c2cccc3cnccc23)CCNC1.Cl.Cl. The highest BCUT2D eigenvalue weighted by molar-refractivity contribution is 5.93. The first kappa shape index (κ1) is 15.0. The molecule has 0 fully saturated rings. The molecule has 96 valence electrons. The molecule has 1 N–H and O–H groups in total. The normalized spacial score (nSPS) is 14.3. The van der Waals surface area contributed by atoms with Gasteiger partial charge >= 0.3 is 0 Å². The Hall–Kier alpha value is -1.09. The van der Waals surface area contributed by atoms with Crippen LogP contribution in [-0.4, -0.2) is 18.1 Å². The van der Waals surface area contributed by atoms with Gasteiger partial charge in [0.1, 0.15) is 0 Å². The van der Waals surface area contributed by atoms with E-state index in [2.05, 4.69) is 40.6 Å². The quantitative estimate of drug-likeness (QED) is 0.867. The molecule has 18 heavy (non-hydrogen) atoms. The molecule has 0 saturated carbocycles. The summed E-state index contributed by atoms with van der Waals surface area (Å²) in [5.74, 6) is 0. The number of fused-ring (bicyclic) bond motifs is 1. The Labute approximate surface area is 119 Å². The topological polar surface area (TPSA) is 24.9 Å². The van der Waals surface area contributed by atoms with Crippen LogP contribution in [0.4, 0.5) is 0 Å². The summed E-state index contributed by atoms with van der Waals surface area (Å²) < 4.78 is 0. The van der Waals surface area contributed by atoms with E-state index in [9.17, 15) is 0 Å². The number of hydrogen-bond donors (Lipinski definition) is 1. The molecule has 1 aliphatic heterocycles. The molecular weight excluding hydrogens is 267 g/mol. The van der Waals surface area contributed by atoms with E-state index in [1.807, 2.05) is 12.4 Å². The number of pyridine rings is 1. The van der Waals surface area contributed by atoms with Gasteiger partial charge in [0, 0.05) is 24.3 Å². The van der Waals surface area contributed by atoms with Crippen LogP contribution in [0.2, 0.25) is 0 Å². The molecule has 2 aromatic rings. The van der Waals surface area contributed by atoms with E-state index in [1.165, 1.54) is 21.9 Å². The molecule has 0 saturated heterocycles. The molecule has 4 heteroatoms. The molecule has 1 aromatic carbocycles. The molecule has 0 amide bonds. The first-order chi connectivity index (χ1) is 7.95. The fraction of sp³-hybridized carbons (Fsp3) is 0.214. The predicted octanol–water partition coefficient (Wildman–Crippen LogP) is 3.46. The van der Waals surface area contributed by atoms with Gasteiger partial charge in [-0.2, -0.15) is 0 Å². The van der Waals surface area contributed by atoms with Gasteiger partial charge in [-0.05, 0) is 35.6 Å². The zero-order valence-electron chi connectivity index (χ0n) is 9.93. The summed E-state index contributed by atoms with van der Waals surface area (Å²) in [7, 11) is 0. The standard InChI is InChI=1S/C14H14N2.2ClH/c1-2-12-10-16-9-6-14(12)13(3-1)11-4-7-15-8-5-11;;/h1-4,6,9-10,15H,5,7-8H2;2*1H. The summed E-state index contributed by atoms with van der Waals surface area (Å²) in [6.45, 7) is 2.06. The summed E-state index contributed by atoms with van der Waals surface area (Å²) in [6, 6.07) is 8.54. The molecular formula is C14H16Cl2N2. The third-order valence-electron chi connectivity index (χ3n) is 3.09. The molecule has 1 aromatic heterocycles. The van der Waals surface area contributed by atoms with Crippen LogP contribution in [0.25, 0.3) is 16.3 Å². The van der Waals surface area contributed by atoms with Gasteiger partial charge in [0.15, 0.2) is 0 Å². The Morgan fingerprint density at radius 1 is 1.11 bits per heavy atom. The largest absolute Gasteiger partial charge is 0.313 e. The number of rotatable bonds is 1. The number of halogens is 2. The fourth-order valence-electron chi connectivity index (χ4n) is 2.27. The summed E-state index contributed by atoms with van der Waals surface area (Å²) >= 11 is 0. The zero-order chi connectivity index (χ0) is 10.8. The molecule has 0 aliphatic carbocycles. The molecule has 2 heterocycles. The third kappa shape index (κ3) is 2.83. The van der Waals surface area contributed by atoms with E-state index in [1.54, 1.807) is 0 Å². The van der Waals surface area contributed by atoms with E-state index < -0.39 is 0 Å². The summed E-state index contributed by atoms with van der Waals surface area (Å²) in [5.41, 5.74) is 2.82. The Morgan fingerprint density at radius 3 is 2.78 bits per heavy atom. The summed E-state index contributed by atoms with van der Waals surface area (Å²) in [4.78, 5) is 4.17. The zero-order valence-corrected chi connectivity index (χ0v) is 11.6. The van der Waals surface area contributed by atoms with Crippen molar-refractivity contribution in [1.82, 2.24) is 10.3 Å². The number of aromatic nitrogens is 1. The van der Waals surface area contributed by atoms with Crippen molar-refractivity contribution >= 4 is 41.2 Å². The van der Waals surface area contributed by atoms with E-state index >= 15 is 0 Å². The van der Waals surface area contributed by atoms with E-state index in [-0.39, 0.29) is 24.8 Å². The second-order valence-corrected chi connectivity index (χ2v) is 4.09. The minimum absolute atomic E-state index is 0. The molecule has 0 atom stereocenters. The van der Waals surface area contributed by atoms with Crippen LogP contribution in [0.3, 0.4) is 0 Å². The van der Waals surface area contributed by atoms with Crippen molar-refractivity contribution in [3.8, 4) is 0 Å². The third-order valence-corrected chi connectivity index (χ3v) is 3.09. The second kappa shape index (κ2) is 6.74. The second-order valence-electron chi connectivity index (χ2n) is 4.09. The van der Waals surface area contributed by atoms with Gasteiger partial charge in [0.05, 0.1) is 0 Å². The van der Waals surface area contributed by atoms with Crippen LogP contribution in [0.15, 0.2) is 42.7 Å². The van der Waals surface area contributed by atoms with Gasteiger partial charge in [0.25, 0.3) is 0 Å². The van der Waals surface area contributed by atoms with E-state index in [4.69, 9.17) is 0 Å². The van der Waals surface area contributed by atoms with Crippen molar-refractivity contribution in [2.45, 2.75) is 6.42 Å². The first-order valence-electron chi connectivity index (χ1n) is 5.68. The molecule has 0 spiro atoms. The molecule has 0 unspecified atom stereocenters. The van der Waals surface area contributed by atoms with Crippen molar-refractivity contribution in [2.75, 3.05) is 13.1 Å². The average Bonchev–Trinajstić information content (AvgIpc) is 2.39. The summed E-state index contributed by atoms with van der Waals surface area (Å²) in [6.07, 6.45) is 7.20. The lowest BCUT2D eigenvalue weighted by Gasteiger charge is -2.15. The van der Waals surface area contributed by atoms with Crippen molar-refractivity contribution in [1.29, 1.82) is 0 Å². The highest BCUT2D eigenvalue weighted by atomic mass is 35.5. The monoisotopic (exact) mass is 282 g/mol. The number of nitrogens with one attached hydrogen (secondary N) is 1. The smallest absolute Gasteiger partial charge is 0.0346 e. The van der Waals surface area contributed by atoms with Crippen molar-refractivity contribution in [3.05, 3.63) is 48.3 Å². The maximum absolute atomic E-state index is 4.17. The Balaban J connectivity index is 0.000000810. The van der Waals surface area contributed by atoms with E-state index in [0.29, 0.717) is 0 Å². The van der Waals surface area contributed by atoms with Crippen molar-refractivity contribution in [3.63, 3.8) is 0 Å².